The van der Waals surface area contributed by atoms with E-state index in [-0.39, 0.29) is 17.7 Å². The maximum absolute atomic E-state index is 12.7. The fraction of sp³-hybridized carbons (Fsp3) is 0.364. The Morgan fingerprint density at radius 3 is 2.37 bits per heavy atom. The normalized spacial score (nSPS) is 14.5. The third kappa shape index (κ3) is 4.55. The van der Waals surface area contributed by atoms with Crippen LogP contribution in [-0.4, -0.2) is 17.0 Å². The van der Waals surface area contributed by atoms with E-state index < -0.39 is 12.0 Å². The summed E-state index contributed by atoms with van der Waals surface area (Å²) in [5.74, 6) is -1.24. The molecule has 0 aliphatic carbocycles. The molecule has 1 unspecified atom stereocenters. The number of fused-ring (bicyclic) bond motifs is 1. The molecule has 0 saturated carbocycles. The highest BCUT2D eigenvalue weighted by molar-refractivity contribution is 5.95. The molecule has 5 heteroatoms. The third-order valence-corrected chi connectivity index (χ3v) is 4.85. The van der Waals surface area contributed by atoms with E-state index in [2.05, 4.69) is 26.1 Å². The Labute approximate surface area is 159 Å². The van der Waals surface area contributed by atoms with Crippen LogP contribution in [0, 0.1) is 0 Å². The number of ether oxygens (including phenoxy) is 1. The van der Waals surface area contributed by atoms with Gasteiger partial charge in [0.1, 0.15) is 0 Å². The predicted octanol–water partition coefficient (Wildman–Crippen LogP) is 3.96. The maximum Gasteiger partial charge on any atom is 0.305 e. The van der Waals surface area contributed by atoms with Crippen LogP contribution in [0.4, 0.5) is 0 Å². The highest BCUT2D eigenvalue weighted by Gasteiger charge is 2.21. The summed E-state index contributed by atoms with van der Waals surface area (Å²) >= 11 is 0. The summed E-state index contributed by atoms with van der Waals surface area (Å²) in [4.78, 5) is 24.0. The van der Waals surface area contributed by atoms with Crippen molar-refractivity contribution in [3.8, 4) is 0 Å². The molecule has 142 valence electrons. The van der Waals surface area contributed by atoms with Gasteiger partial charge < -0.3 is 15.2 Å². The van der Waals surface area contributed by atoms with Crippen LogP contribution >= 0.6 is 0 Å². The van der Waals surface area contributed by atoms with Gasteiger partial charge >= 0.3 is 5.97 Å². The van der Waals surface area contributed by atoms with Crippen LogP contribution in [0.1, 0.15) is 65.8 Å². The van der Waals surface area contributed by atoms with E-state index in [1.165, 1.54) is 0 Å². The second kappa shape index (κ2) is 7.53. The molecule has 2 aromatic carbocycles. The zero-order valence-corrected chi connectivity index (χ0v) is 15.9. The number of amides is 1. The Morgan fingerprint density at radius 2 is 1.74 bits per heavy atom. The number of carbonyl (C=O) groups excluding carboxylic acids is 1. The van der Waals surface area contributed by atoms with Gasteiger partial charge in [0.2, 0.25) is 0 Å². The highest BCUT2D eigenvalue weighted by atomic mass is 16.5. The molecule has 0 bridgehead atoms. The molecule has 0 spiro atoms. The lowest BCUT2D eigenvalue weighted by molar-refractivity contribution is -0.137. The molecular formula is C22H25NO4. The number of carbonyl (C=O) groups is 2. The molecule has 2 aromatic rings. The fourth-order valence-electron chi connectivity index (χ4n) is 3.20. The first-order valence-electron chi connectivity index (χ1n) is 9.06. The second-order valence-corrected chi connectivity index (χ2v) is 7.97. The number of hydrogen-bond acceptors (Lipinski definition) is 3. The first-order valence-corrected chi connectivity index (χ1v) is 9.06. The number of hydrogen-bond donors (Lipinski definition) is 2. The molecule has 5 nitrogen and oxygen atoms in total. The zero-order valence-electron chi connectivity index (χ0n) is 15.9. The van der Waals surface area contributed by atoms with Crippen molar-refractivity contribution in [2.75, 3.05) is 0 Å². The van der Waals surface area contributed by atoms with Crippen molar-refractivity contribution < 1.29 is 19.4 Å². The van der Waals surface area contributed by atoms with Crippen LogP contribution < -0.4 is 5.32 Å². The van der Waals surface area contributed by atoms with E-state index in [0.29, 0.717) is 18.8 Å². The molecule has 0 saturated heterocycles. The molecule has 1 amide bonds. The topological polar surface area (TPSA) is 75.6 Å². The second-order valence-electron chi connectivity index (χ2n) is 7.97. The summed E-state index contributed by atoms with van der Waals surface area (Å²) in [5.41, 5.74) is 4.56. The van der Waals surface area contributed by atoms with Crippen molar-refractivity contribution in [2.45, 2.75) is 51.9 Å². The molecule has 1 atom stereocenters. The summed E-state index contributed by atoms with van der Waals surface area (Å²) in [5, 5.41) is 12.1. The molecule has 0 radical (unpaired) electrons. The van der Waals surface area contributed by atoms with Gasteiger partial charge in [-0.3, -0.25) is 9.59 Å². The number of rotatable bonds is 5. The number of aliphatic carboxylic acids is 1. The monoisotopic (exact) mass is 367 g/mol. The number of nitrogens with one attached hydrogen (secondary N) is 1. The highest BCUT2D eigenvalue weighted by Crippen LogP contribution is 2.26. The van der Waals surface area contributed by atoms with Crippen molar-refractivity contribution in [1.82, 2.24) is 5.32 Å². The van der Waals surface area contributed by atoms with Gasteiger partial charge in [0.05, 0.1) is 25.7 Å². The lowest BCUT2D eigenvalue weighted by Gasteiger charge is -2.22. The minimum Gasteiger partial charge on any atom is -0.481 e. The minimum absolute atomic E-state index is 0.0105. The van der Waals surface area contributed by atoms with E-state index in [0.717, 1.165) is 22.3 Å². The van der Waals surface area contributed by atoms with Crippen molar-refractivity contribution in [1.29, 1.82) is 0 Å². The smallest absolute Gasteiger partial charge is 0.305 e. The van der Waals surface area contributed by atoms with Gasteiger partial charge in [-0.1, -0.05) is 51.1 Å². The lowest BCUT2D eigenvalue weighted by atomic mass is 9.86. The van der Waals surface area contributed by atoms with Crippen LogP contribution in [0.25, 0.3) is 0 Å². The fourth-order valence-corrected chi connectivity index (χ4v) is 3.20. The van der Waals surface area contributed by atoms with Crippen LogP contribution in [0.15, 0.2) is 42.5 Å². The molecular weight excluding hydrogens is 342 g/mol. The molecule has 2 N–H and O–H groups in total. The zero-order chi connectivity index (χ0) is 19.6. The van der Waals surface area contributed by atoms with Gasteiger partial charge in [0.15, 0.2) is 0 Å². The van der Waals surface area contributed by atoms with Crippen molar-refractivity contribution >= 4 is 11.9 Å². The Kier molecular flexibility index (Phi) is 5.33. The van der Waals surface area contributed by atoms with Gasteiger partial charge in [-0.05, 0) is 39.8 Å². The standard InChI is InChI=1S/C22H25NO4/c1-22(2,3)18-8-6-14(7-9-18)19(11-20(24)25)23-21(26)15-4-5-16-12-27-13-17(16)10-15/h4-10,19H,11-13H2,1-3H3,(H,23,26)(H,24,25). The van der Waals surface area contributed by atoms with Crippen LogP contribution in [0.3, 0.4) is 0 Å². The average molecular weight is 367 g/mol. The molecule has 0 fully saturated rings. The molecule has 1 aliphatic rings. The molecule has 3 rings (SSSR count). The number of carboxylic acid groups (broad SMARTS) is 1. The third-order valence-electron chi connectivity index (χ3n) is 4.85. The van der Waals surface area contributed by atoms with Crippen molar-refractivity contribution in [3.05, 3.63) is 70.3 Å². The average Bonchev–Trinajstić information content (AvgIpc) is 3.07. The predicted molar refractivity (Wildman–Crippen MR) is 103 cm³/mol. The van der Waals surface area contributed by atoms with E-state index in [4.69, 9.17) is 4.74 Å². The SMILES string of the molecule is CC(C)(C)c1ccc(C(CC(=O)O)NC(=O)c2ccc3c(c2)COC3)cc1. The van der Waals surface area contributed by atoms with Gasteiger partial charge in [-0.25, -0.2) is 0 Å². The molecule has 0 aromatic heterocycles. The maximum atomic E-state index is 12.7. The van der Waals surface area contributed by atoms with E-state index in [1.54, 1.807) is 6.07 Å². The Balaban J connectivity index is 1.80. The van der Waals surface area contributed by atoms with Gasteiger partial charge in [0, 0.05) is 5.56 Å². The largest absolute Gasteiger partial charge is 0.481 e. The Bertz CT molecular complexity index is 850. The van der Waals surface area contributed by atoms with Crippen LogP contribution in [-0.2, 0) is 28.2 Å². The summed E-state index contributed by atoms with van der Waals surface area (Å²) in [6, 6.07) is 12.6. The first kappa shape index (κ1) is 19.1. The summed E-state index contributed by atoms with van der Waals surface area (Å²) in [7, 11) is 0. The van der Waals surface area contributed by atoms with E-state index in [9.17, 15) is 14.7 Å². The van der Waals surface area contributed by atoms with Crippen molar-refractivity contribution in [3.63, 3.8) is 0 Å². The minimum atomic E-state index is -0.956. The Morgan fingerprint density at radius 1 is 1.07 bits per heavy atom. The molecule has 27 heavy (non-hydrogen) atoms. The molecule has 1 heterocycles. The molecule has 1 aliphatic heterocycles. The summed E-state index contributed by atoms with van der Waals surface area (Å²) in [6.07, 6.45) is -0.172. The van der Waals surface area contributed by atoms with Crippen LogP contribution in [0.2, 0.25) is 0 Å². The van der Waals surface area contributed by atoms with Gasteiger partial charge in [0.25, 0.3) is 5.91 Å². The van der Waals surface area contributed by atoms with E-state index >= 15 is 0 Å². The lowest BCUT2D eigenvalue weighted by Crippen LogP contribution is -2.30. The van der Waals surface area contributed by atoms with Crippen molar-refractivity contribution in [2.24, 2.45) is 0 Å². The van der Waals surface area contributed by atoms with E-state index in [1.807, 2.05) is 36.4 Å². The Hall–Kier alpha value is -2.66. The first-order chi connectivity index (χ1) is 12.7. The summed E-state index contributed by atoms with van der Waals surface area (Å²) < 4.78 is 5.38. The van der Waals surface area contributed by atoms with Crippen LogP contribution in [0.5, 0.6) is 0 Å². The van der Waals surface area contributed by atoms with Gasteiger partial charge in [-0.15, -0.1) is 0 Å². The summed E-state index contributed by atoms with van der Waals surface area (Å²) in [6.45, 7) is 7.44. The number of carboxylic acids is 1. The number of benzene rings is 2. The van der Waals surface area contributed by atoms with Gasteiger partial charge in [-0.2, -0.15) is 0 Å². The quantitative estimate of drug-likeness (QED) is 0.839.